The largest absolute Gasteiger partial charge is 0.507 e. The highest BCUT2D eigenvalue weighted by Gasteiger charge is 2.30. The fourth-order valence-electron chi connectivity index (χ4n) is 6.01. The number of piperazine rings is 1. The maximum absolute atomic E-state index is 13.7. The molecule has 248 valence electrons. The first-order chi connectivity index (χ1) is 23.2. The smallest absolute Gasteiger partial charge is 0.254 e. The van der Waals surface area contributed by atoms with Crippen molar-refractivity contribution in [3.63, 3.8) is 0 Å². The zero-order valence-corrected chi connectivity index (χ0v) is 27.4. The van der Waals surface area contributed by atoms with Gasteiger partial charge in [0.15, 0.2) is 11.6 Å². The predicted octanol–water partition coefficient (Wildman–Crippen LogP) is 5.44. The average Bonchev–Trinajstić information content (AvgIpc) is 3.11. The van der Waals surface area contributed by atoms with Gasteiger partial charge >= 0.3 is 0 Å². The van der Waals surface area contributed by atoms with Crippen LogP contribution in [0.5, 0.6) is 11.5 Å². The lowest BCUT2D eigenvalue weighted by atomic mass is 9.96. The van der Waals surface area contributed by atoms with E-state index in [4.69, 9.17) is 0 Å². The second kappa shape index (κ2) is 14.8. The van der Waals surface area contributed by atoms with Crippen LogP contribution < -0.4 is 10.2 Å². The normalized spacial score (nSPS) is 12.8. The van der Waals surface area contributed by atoms with Crippen LogP contribution in [0.15, 0.2) is 84.9 Å². The first-order valence-electron chi connectivity index (χ1n) is 16.2. The number of nitrogens with one attached hydrogen (secondary N) is 1. The molecule has 4 aromatic carbocycles. The molecule has 1 aliphatic rings. The van der Waals surface area contributed by atoms with Crippen molar-refractivity contribution in [3.05, 3.63) is 118 Å². The van der Waals surface area contributed by atoms with Crippen molar-refractivity contribution in [2.45, 2.75) is 20.8 Å². The molecule has 0 bridgehead atoms. The Balaban J connectivity index is 1.30. The third-order valence-corrected chi connectivity index (χ3v) is 8.64. The highest BCUT2D eigenvalue weighted by atomic mass is 16.3. The van der Waals surface area contributed by atoms with Gasteiger partial charge in [-0.15, -0.1) is 0 Å². The van der Waals surface area contributed by atoms with Gasteiger partial charge in [0.1, 0.15) is 11.5 Å². The van der Waals surface area contributed by atoms with E-state index in [1.165, 1.54) is 12.1 Å². The van der Waals surface area contributed by atoms with Gasteiger partial charge in [-0.2, -0.15) is 0 Å². The van der Waals surface area contributed by atoms with Crippen LogP contribution in [0.4, 0.5) is 11.4 Å². The summed E-state index contributed by atoms with van der Waals surface area (Å²) in [6.07, 6.45) is 0. The summed E-state index contributed by atoms with van der Waals surface area (Å²) < 4.78 is 0. The van der Waals surface area contributed by atoms with Crippen LogP contribution in [0.25, 0.3) is 0 Å². The number of amides is 2. The van der Waals surface area contributed by atoms with E-state index in [2.05, 4.69) is 10.2 Å². The number of anilines is 2. The minimum Gasteiger partial charge on any atom is -0.507 e. The monoisotopic (exact) mass is 648 g/mol. The summed E-state index contributed by atoms with van der Waals surface area (Å²) in [6, 6.07) is 22.7. The molecule has 0 saturated carbocycles. The Morgan fingerprint density at radius 2 is 1.04 bits per heavy atom. The van der Waals surface area contributed by atoms with E-state index >= 15 is 0 Å². The van der Waals surface area contributed by atoms with Crippen LogP contribution in [0.2, 0.25) is 0 Å². The molecule has 0 unspecified atom stereocenters. The molecule has 3 N–H and O–H groups in total. The molecule has 1 aliphatic heterocycles. The Morgan fingerprint density at radius 3 is 1.46 bits per heavy atom. The number of rotatable bonds is 11. The first-order valence-corrected chi connectivity index (χ1v) is 16.2. The number of carbonyl (C=O) groups is 4. The number of benzene rings is 4. The summed E-state index contributed by atoms with van der Waals surface area (Å²) in [6.45, 7) is 8.99. The number of nitrogens with zero attached hydrogens (tertiary/aromatic N) is 3. The number of hydrogen-bond donors (Lipinski definition) is 3. The van der Waals surface area contributed by atoms with Crippen LogP contribution in [0, 0.1) is 0 Å². The molecule has 0 atom stereocenters. The Labute approximate surface area is 280 Å². The van der Waals surface area contributed by atoms with Crippen LogP contribution in [-0.2, 0) is 0 Å². The number of carbonyl (C=O) groups excluding carboxylic acids is 4. The molecule has 0 spiro atoms. The van der Waals surface area contributed by atoms with E-state index in [9.17, 15) is 29.4 Å². The molecule has 0 aliphatic carbocycles. The Bertz CT molecular complexity index is 1840. The number of hydrogen-bond acceptors (Lipinski definition) is 8. The number of aromatic hydroxyl groups is 2. The number of phenolic OH excluding ortho intramolecular Hbond substituents is 2. The summed E-state index contributed by atoms with van der Waals surface area (Å²) in [5.41, 5.74) is 2.46. The second-order valence-corrected chi connectivity index (χ2v) is 11.5. The highest BCUT2D eigenvalue weighted by molar-refractivity contribution is 6.17. The third-order valence-electron chi connectivity index (χ3n) is 8.64. The Kier molecular flexibility index (Phi) is 10.4. The van der Waals surface area contributed by atoms with E-state index < -0.39 is 11.6 Å². The highest BCUT2D eigenvalue weighted by Crippen LogP contribution is 2.29. The van der Waals surface area contributed by atoms with Crippen molar-refractivity contribution in [1.29, 1.82) is 0 Å². The minimum absolute atomic E-state index is 0.0914. The number of ketones is 2. The van der Waals surface area contributed by atoms with Crippen molar-refractivity contribution >= 4 is 34.8 Å². The summed E-state index contributed by atoms with van der Waals surface area (Å²) >= 11 is 0. The van der Waals surface area contributed by atoms with E-state index in [-0.39, 0.29) is 82.9 Å². The van der Waals surface area contributed by atoms with Crippen LogP contribution in [-0.4, -0.2) is 89.2 Å². The van der Waals surface area contributed by atoms with Crippen molar-refractivity contribution < 1.29 is 29.4 Å². The van der Waals surface area contributed by atoms with Gasteiger partial charge in [0, 0.05) is 80.4 Å². The van der Waals surface area contributed by atoms with Gasteiger partial charge in [0.25, 0.3) is 11.8 Å². The summed E-state index contributed by atoms with van der Waals surface area (Å²) in [5.74, 6) is -1.97. The molecule has 1 heterocycles. The molecule has 10 heteroatoms. The molecule has 2 amide bonds. The average molecular weight is 649 g/mol. The van der Waals surface area contributed by atoms with Crippen molar-refractivity contribution in [3.8, 4) is 11.5 Å². The molecular weight excluding hydrogens is 608 g/mol. The maximum Gasteiger partial charge on any atom is 0.254 e. The van der Waals surface area contributed by atoms with E-state index in [1.807, 2.05) is 20.8 Å². The molecule has 4 aromatic rings. The lowest BCUT2D eigenvalue weighted by molar-refractivity contribution is 0.0533. The lowest BCUT2D eigenvalue weighted by Gasteiger charge is -2.35. The van der Waals surface area contributed by atoms with Gasteiger partial charge in [-0.25, -0.2) is 0 Å². The predicted molar refractivity (Wildman–Crippen MR) is 185 cm³/mol. The molecule has 0 radical (unpaired) electrons. The Morgan fingerprint density at radius 1 is 0.604 bits per heavy atom. The van der Waals surface area contributed by atoms with Crippen LogP contribution >= 0.6 is 0 Å². The third kappa shape index (κ3) is 6.88. The standard InChI is InChI=1S/C38H40N4O6/c1-4-39-25-15-17-31(33(43)23-25)35(45)27-11-7-9-13-29(27)37(47)41-19-21-42(22-20-41)38(48)30-14-10-8-12-28(30)36(46)32-18-16-26(24-34(32)44)40(5-2)6-3/h7-18,23-24,39,43-44H,4-6,19-22H2,1-3H3. The molecule has 48 heavy (non-hydrogen) atoms. The zero-order chi connectivity index (χ0) is 34.4. The quantitative estimate of drug-likeness (QED) is 0.184. The molecular formula is C38H40N4O6. The summed E-state index contributed by atoms with van der Waals surface area (Å²) in [4.78, 5) is 59.8. The van der Waals surface area contributed by atoms with Crippen molar-refractivity contribution in [1.82, 2.24) is 9.80 Å². The first kappa shape index (κ1) is 33.7. The second-order valence-electron chi connectivity index (χ2n) is 11.5. The summed E-state index contributed by atoms with van der Waals surface area (Å²) in [5, 5.41) is 24.4. The van der Waals surface area contributed by atoms with E-state index in [0.29, 0.717) is 12.2 Å². The van der Waals surface area contributed by atoms with Crippen LogP contribution in [0.3, 0.4) is 0 Å². The molecule has 1 saturated heterocycles. The van der Waals surface area contributed by atoms with Gasteiger partial charge in [-0.1, -0.05) is 36.4 Å². The van der Waals surface area contributed by atoms with Crippen molar-refractivity contribution in [2.24, 2.45) is 0 Å². The minimum atomic E-state index is -0.469. The molecule has 1 fully saturated rings. The fourth-order valence-corrected chi connectivity index (χ4v) is 6.01. The number of phenols is 2. The van der Waals surface area contributed by atoms with Gasteiger partial charge in [0.2, 0.25) is 0 Å². The Hall–Kier alpha value is -5.64. The zero-order valence-electron chi connectivity index (χ0n) is 27.4. The van der Waals surface area contributed by atoms with Gasteiger partial charge in [0.05, 0.1) is 22.3 Å². The van der Waals surface area contributed by atoms with Crippen molar-refractivity contribution in [2.75, 3.05) is 56.0 Å². The topological polar surface area (TPSA) is 130 Å². The molecule has 10 nitrogen and oxygen atoms in total. The SMILES string of the molecule is CCNc1ccc(C(=O)c2ccccc2C(=O)N2CCN(C(=O)c3ccccc3C(=O)c3ccc(N(CC)CC)cc3O)CC2)c(O)c1. The van der Waals surface area contributed by atoms with E-state index in [1.54, 1.807) is 82.6 Å². The van der Waals surface area contributed by atoms with E-state index in [0.717, 1.165) is 18.8 Å². The van der Waals surface area contributed by atoms with Gasteiger partial charge in [-0.05, 0) is 57.2 Å². The van der Waals surface area contributed by atoms with Crippen LogP contribution in [0.1, 0.15) is 73.3 Å². The molecule has 0 aromatic heterocycles. The summed E-state index contributed by atoms with van der Waals surface area (Å²) in [7, 11) is 0. The van der Waals surface area contributed by atoms with Gasteiger partial charge in [-0.3, -0.25) is 19.2 Å². The lowest BCUT2D eigenvalue weighted by Crippen LogP contribution is -2.51. The fraction of sp³-hybridized carbons (Fsp3) is 0.263. The van der Waals surface area contributed by atoms with Gasteiger partial charge < -0.3 is 30.2 Å². The maximum atomic E-state index is 13.7. The molecule has 5 rings (SSSR count).